The number of benzene rings is 1. The fourth-order valence-corrected chi connectivity index (χ4v) is 4.04. The molecular weight excluding hydrogens is 430 g/mol. The summed E-state index contributed by atoms with van der Waals surface area (Å²) < 4.78 is 50.2. The minimum Gasteiger partial charge on any atom is -0.368 e. The molecule has 2 N–H and O–H groups in total. The van der Waals surface area contributed by atoms with Gasteiger partial charge in [0.1, 0.15) is 23.1 Å². The molecule has 1 saturated heterocycles. The van der Waals surface area contributed by atoms with Crippen LogP contribution in [0.25, 0.3) is 11.0 Å². The summed E-state index contributed by atoms with van der Waals surface area (Å²) in [6.07, 6.45) is -1.56. The van der Waals surface area contributed by atoms with Crippen molar-refractivity contribution < 1.29 is 17.7 Å². The number of aromatic amines is 1. The number of fused-ring (bicyclic) bond motifs is 1. The number of H-pyrrole nitrogens is 1. The van der Waals surface area contributed by atoms with Crippen molar-refractivity contribution in [3.05, 3.63) is 63.1 Å². The third-order valence-corrected chi connectivity index (χ3v) is 5.80. The lowest BCUT2D eigenvalue weighted by atomic mass is 10.1. The van der Waals surface area contributed by atoms with E-state index in [9.17, 15) is 14.0 Å². The molecule has 33 heavy (non-hydrogen) atoms. The Bertz CT molecular complexity index is 1350. The number of carbonyl (C=O) groups is 1. The second-order valence-corrected chi connectivity index (χ2v) is 8.02. The Hall–Kier alpha value is -3.40. The maximum Gasteiger partial charge on any atom is 0.273 e. The second-order valence-electron chi connectivity index (χ2n) is 8.02. The van der Waals surface area contributed by atoms with E-state index < -0.39 is 30.4 Å². The van der Waals surface area contributed by atoms with E-state index in [1.165, 1.54) is 13.0 Å². The molecule has 1 fully saturated rings. The zero-order valence-corrected chi connectivity index (χ0v) is 18.3. The van der Waals surface area contributed by atoms with Gasteiger partial charge in [0.2, 0.25) is 0 Å². The van der Waals surface area contributed by atoms with Gasteiger partial charge >= 0.3 is 0 Å². The average Bonchev–Trinajstić information content (AvgIpc) is 2.80. The van der Waals surface area contributed by atoms with Gasteiger partial charge in [-0.25, -0.2) is 18.7 Å². The van der Waals surface area contributed by atoms with Crippen molar-refractivity contribution in [2.24, 2.45) is 0 Å². The Kier molecular flexibility index (Phi) is 5.34. The number of carbonyl (C=O) groups excluding carboxylic acids is 1. The summed E-state index contributed by atoms with van der Waals surface area (Å²) in [5.41, 5.74) is 0.994. The van der Waals surface area contributed by atoms with Crippen LogP contribution in [-0.4, -0.2) is 58.9 Å². The van der Waals surface area contributed by atoms with Crippen LogP contribution in [-0.2, 0) is 6.54 Å². The summed E-state index contributed by atoms with van der Waals surface area (Å²) in [5.74, 6) is -1.34. The van der Waals surface area contributed by atoms with Crippen LogP contribution in [0.1, 0.15) is 44.6 Å². The number of hydrogen-bond acceptors (Lipinski definition) is 6. The van der Waals surface area contributed by atoms with E-state index in [1.807, 2.05) is 5.32 Å². The standard InChI is InChI=1S/C23H26F2N6O2/c1-13(24)20-23(33)29-21-16(28-20)5-4-15(19(21)25)12-30-8-10-31(11-9-30)18-7-6-17(22(32)26-3)27-14(18)2/h4-7,13H,8-12H2,1-3H3,(H,26,32)(H,29,33)/t13-/m1/s1/i3D3. The highest BCUT2D eigenvalue weighted by molar-refractivity contribution is 5.92. The number of pyridine rings is 1. The third kappa shape index (κ3) is 4.56. The SMILES string of the molecule is [2H]C([2H])([2H])NC(=O)c1ccc(N2CCN(Cc3ccc4nc([C@@H](C)F)c(=O)[nH]c4c3F)CC2)c(C)n1. The van der Waals surface area contributed by atoms with Gasteiger partial charge in [0.05, 0.1) is 16.9 Å². The predicted octanol–water partition coefficient (Wildman–Crippen LogP) is 2.48. The van der Waals surface area contributed by atoms with Crippen LogP contribution in [0, 0.1) is 12.7 Å². The smallest absolute Gasteiger partial charge is 0.273 e. The first-order chi connectivity index (χ1) is 16.9. The molecule has 0 radical (unpaired) electrons. The molecule has 4 rings (SSSR count). The number of aromatic nitrogens is 3. The highest BCUT2D eigenvalue weighted by Crippen LogP contribution is 2.23. The minimum absolute atomic E-state index is 0.0263. The van der Waals surface area contributed by atoms with E-state index in [0.29, 0.717) is 44.0 Å². The van der Waals surface area contributed by atoms with Gasteiger partial charge in [-0.05, 0) is 32.0 Å². The summed E-state index contributed by atoms with van der Waals surface area (Å²) in [6, 6.07) is 6.40. The molecule has 1 aliphatic rings. The molecule has 174 valence electrons. The van der Waals surface area contributed by atoms with Crippen LogP contribution >= 0.6 is 0 Å². The first kappa shape index (κ1) is 19.1. The Morgan fingerprint density at radius 3 is 2.67 bits per heavy atom. The number of anilines is 1. The topological polar surface area (TPSA) is 94.2 Å². The van der Waals surface area contributed by atoms with Crippen molar-refractivity contribution in [1.82, 2.24) is 25.2 Å². The Balaban J connectivity index is 1.43. The van der Waals surface area contributed by atoms with Gasteiger partial charge in [0, 0.05) is 49.4 Å². The van der Waals surface area contributed by atoms with E-state index in [0.717, 1.165) is 5.69 Å². The molecule has 8 nitrogen and oxygen atoms in total. The highest BCUT2D eigenvalue weighted by atomic mass is 19.1. The van der Waals surface area contributed by atoms with Crippen LogP contribution < -0.4 is 15.8 Å². The number of piperazine rings is 1. The van der Waals surface area contributed by atoms with Gasteiger partial charge in [0.25, 0.3) is 11.5 Å². The first-order valence-corrected chi connectivity index (χ1v) is 10.6. The summed E-state index contributed by atoms with van der Waals surface area (Å²) >= 11 is 0. The van der Waals surface area contributed by atoms with Crippen molar-refractivity contribution in [3.8, 4) is 0 Å². The number of halogens is 2. The molecular formula is C23H26F2N6O2. The van der Waals surface area contributed by atoms with Crippen molar-refractivity contribution in [2.45, 2.75) is 26.6 Å². The van der Waals surface area contributed by atoms with E-state index in [-0.39, 0.29) is 22.4 Å². The van der Waals surface area contributed by atoms with Gasteiger partial charge in [0.15, 0.2) is 5.82 Å². The van der Waals surface area contributed by atoms with Crippen LogP contribution in [0.4, 0.5) is 14.5 Å². The van der Waals surface area contributed by atoms with Gasteiger partial charge < -0.3 is 15.2 Å². The van der Waals surface area contributed by atoms with E-state index in [4.69, 9.17) is 4.11 Å². The van der Waals surface area contributed by atoms with Gasteiger partial charge in [-0.1, -0.05) is 6.07 Å². The molecule has 3 aromatic rings. The van der Waals surface area contributed by atoms with Gasteiger partial charge in [-0.15, -0.1) is 0 Å². The van der Waals surface area contributed by atoms with E-state index in [1.54, 1.807) is 25.1 Å². The van der Waals surface area contributed by atoms with Gasteiger partial charge in [-0.3, -0.25) is 14.5 Å². The number of aryl methyl sites for hydroxylation is 1. The first-order valence-electron chi connectivity index (χ1n) is 12.1. The molecule has 2 aromatic heterocycles. The molecule has 1 aromatic carbocycles. The maximum absolute atomic E-state index is 15.1. The van der Waals surface area contributed by atoms with Crippen molar-refractivity contribution in [3.63, 3.8) is 0 Å². The zero-order chi connectivity index (χ0) is 26.2. The van der Waals surface area contributed by atoms with Crippen LogP contribution in [0.5, 0.6) is 0 Å². The molecule has 0 unspecified atom stereocenters. The van der Waals surface area contributed by atoms with Crippen LogP contribution in [0.2, 0.25) is 0 Å². The molecule has 0 aliphatic carbocycles. The number of alkyl halides is 1. The zero-order valence-electron chi connectivity index (χ0n) is 21.3. The Morgan fingerprint density at radius 1 is 1.24 bits per heavy atom. The Morgan fingerprint density at radius 2 is 2.00 bits per heavy atom. The van der Waals surface area contributed by atoms with Crippen molar-refractivity contribution >= 4 is 22.6 Å². The molecule has 3 heterocycles. The average molecular weight is 460 g/mol. The lowest BCUT2D eigenvalue weighted by Gasteiger charge is -2.36. The van der Waals surface area contributed by atoms with E-state index >= 15 is 4.39 Å². The largest absolute Gasteiger partial charge is 0.368 e. The second kappa shape index (κ2) is 9.22. The molecule has 0 saturated carbocycles. The summed E-state index contributed by atoms with van der Waals surface area (Å²) in [7, 11) is 0. The van der Waals surface area contributed by atoms with E-state index in [2.05, 4.69) is 24.8 Å². The van der Waals surface area contributed by atoms with Crippen molar-refractivity contribution in [1.29, 1.82) is 0 Å². The molecule has 1 atom stereocenters. The highest BCUT2D eigenvalue weighted by Gasteiger charge is 2.22. The molecule has 0 spiro atoms. The van der Waals surface area contributed by atoms with Crippen LogP contribution in [0.3, 0.4) is 0 Å². The maximum atomic E-state index is 15.1. The summed E-state index contributed by atoms with van der Waals surface area (Å²) in [5, 5.41) is 1.92. The summed E-state index contributed by atoms with van der Waals surface area (Å²) in [4.78, 5) is 38.9. The predicted molar refractivity (Wildman–Crippen MR) is 122 cm³/mol. The molecule has 10 heteroatoms. The molecule has 1 amide bonds. The number of rotatable bonds is 5. The Labute approximate surface area is 193 Å². The monoisotopic (exact) mass is 459 g/mol. The van der Waals surface area contributed by atoms with Crippen molar-refractivity contribution in [2.75, 3.05) is 38.1 Å². The lowest BCUT2D eigenvalue weighted by molar-refractivity contribution is 0.0958. The quantitative estimate of drug-likeness (QED) is 0.609. The number of nitrogens with one attached hydrogen (secondary N) is 2. The van der Waals surface area contributed by atoms with Gasteiger partial charge in [-0.2, -0.15) is 0 Å². The minimum atomic E-state index is -2.59. The molecule has 0 bridgehead atoms. The normalized spacial score (nSPS) is 17.3. The number of hydrogen-bond donors (Lipinski definition) is 2. The number of nitrogens with zero attached hydrogens (tertiary/aromatic N) is 4. The van der Waals surface area contributed by atoms with Crippen LogP contribution in [0.15, 0.2) is 29.1 Å². The fraction of sp³-hybridized carbons (Fsp3) is 0.391. The third-order valence-electron chi connectivity index (χ3n) is 5.80. The molecule has 1 aliphatic heterocycles. The fourth-order valence-electron chi connectivity index (χ4n) is 4.04. The lowest BCUT2D eigenvalue weighted by Crippen LogP contribution is -2.46. The summed E-state index contributed by atoms with van der Waals surface area (Å²) in [6.45, 7) is 3.22. The number of amides is 1.